The third-order valence-electron chi connectivity index (χ3n) is 2.91. The smallest absolute Gasteiger partial charge is 0.145 e. The molecule has 0 aliphatic heterocycles. The maximum Gasteiger partial charge on any atom is 0.145 e. The van der Waals surface area contributed by atoms with E-state index in [1.165, 1.54) is 6.07 Å². The average molecular weight is 230 g/mol. The Morgan fingerprint density at radius 3 is 2.82 bits per heavy atom. The zero-order valence-corrected chi connectivity index (χ0v) is 9.24. The largest absolute Gasteiger partial charge is 0.382 e. The van der Waals surface area contributed by atoms with Crippen molar-refractivity contribution >= 4 is 16.7 Å². The first kappa shape index (κ1) is 9.89. The van der Waals surface area contributed by atoms with Gasteiger partial charge in [-0.05, 0) is 18.2 Å². The number of nitrogens with zero attached hydrogens (tertiary/aromatic N) is 2. The molecule has 0 aliphatic rings. The van der Waals surface area contributed by atoms with E-state index in [1.54, 1.807) is 18.2 Å². The lowest BCUT2D eigenvalue weighted by Crippen LogP contribution is -1.91. The van der Waals surface area contributed by atoms with Crippen LogP contribution in [0.1, 0.15) is 0 Å². The Balaban J connectivity index is 2.31. The van der Waals surface area contributed by atoms with Crippen molar-refractivity contribution in [1.29, 1.82) is 0 Å². The summed E-state index contributed by atoms with van der Waals surface area (Å²) in [7, 11) is 1.88. The molecule has 0 fully saturated rings. The number of aromatic nitrogens is 3. The number of benzene rings is 1. The number of rotatable bonds is 1. The Kier molecular flexibility index (Phi) is 1.95. The van der Waals surface area contributed by atoms with E-state index in [9.17, 15) is 4.39 Å². The van der Waals surface area contributed by atoms with Gasteiger partial charge in [-0.15, -0.1) is 0 Å². The van der Waals surface area contributed by atoms with Crippen molar-refractivity contribution < 1.29 is 4.39 Å². The molecule has 3 rings (SSSR count). The highest BCUT2D eigenvalue weighted by Gasteiger charge is 2.12. The first-order chi connectivity index (χ1) is 8.16. The van der Waals surface area contributed by atoms with Crippen LogP contribution in [0.3, 0.4) is 0 Å². The number of aryl methyl sites for hydroxylation is 1. The second-order valence-corrected chi connectivity index (χ2v) is 3.97. The summed E-state index contributed by atoms with van der Waals surface area (Å²) in [6.07, 6.45) is 0. The Hall–Kier alpha value is -2.30. The minimum absolute atomic E-state index is 0.225. The lowest BCUT2D eigenvalue weighted by molar-refractivity contribution is 0.640. The number of hydrogen-bond acceptors (Lipinski definition) is 2. The van der Waals surface area contributed by atoms with E-state index in [-0.39, 0.29) is 5.82 Å². The fraction of sp³-hybridized carbons (Fsp3) is 0.0833. The van der Waals surface area contributed by atoms with Crippen molar-refractivity contribution in [2.24, 2.45) is 7.05 Å². The second-order valence-electron chi connectivity index (χ2n) is 3.97. The van der Waals surface area contributed by atoms with Crippen LogP contribution in [0.15, 0.2) is 30.3 Å². The van der Waals surface area contributed by atoms with Crippen molar-refractivity contribution in [3.63, 3.8) is 0 Å². The molecule has 0 saturated carbocycles. The average Bonchev–Trinajstić information content (AvgIpc) is 2.85. The number of anilines is 1. The summed E-state index contributed by atoms with van der Waals surface area (Å²) in [4.78, 5) is 0. The van der Waals surface area contributed by atoms with Gasteiger partial charge in [0.25, 0.3) is 0 Å². The molecule has 0 aliphatic carbocycles. The number of nitrogens with one attached hydrogen (secondary N) is 1. The molecule has 0 amide bonds. The van der Waals surface area contributed by atoms with Crippen molar-refractivity contribution in [3.8, 4) is 11.4 Å². The van der Waals surface area contributed by atoms with Gasteiger partial charge < -0.3 is 10.3 Å². The molecule has 86 valence electrons. The van der Waals surface area contributed by atoms with Crippen LogP contribution in [0.2, 0.25) is 0 Å². The summed E-state index contributed by atoms with van der Waals surface area (Å²) in [6, 6.07) is 8.54. The summed E-state index contributed by atoms with van der Waals surface area (Å²) in [5, 5.41) is 7.29. The highest BCUT2D eigenvalue weighted by molar-refractivity contribution is 5.87. The molecule has 5 heteroatoms. The predicted molar refractivity (Wildman–Crippen MR) is 64.9 cm³/mol. The third kappa shape index (κ3) is 1.39. The van der Waals surface area contributed by atoms with Gasteiger partial charge >= 0.3 is 0 Å². The van der Waals surface area contributed by atoms with Crippen LogP contribution in [0, 0.1) is 5.82 Å². The van der Waals surface area contributed by atoms with Crippen LogP contribution in [0.5, 0.6) is 0 Å². The van der Waals surface area contributed by atoms with E-state index in [0.717, 1.165) is 16.9 Å². The number of halogens is 1. The lowest BCUT2D eigenvalue weighted by atomic mass is 10.2. The molecule has 17 heavy (non-hydrogen) atoms. The molecule has 3 N–H and O–H groups in total. The molecule has 0 radical (unpaired) electrons. The molecular weight excluding hydrogens is 219 g/mol. The van der Waals surface area contributed by atoms with Gasteiger partial charge in [0, 0.05) is 18.5 Å². The Bertz CT molecular complexity index is 696. The summed E-state index contributed by atoms with van der Waals surface area (Å²) >= 11 is 0. The van der Waals surface area contributed by atoms with Crippen LogP contribution in [0.4, 0.5) is 10.2 Å². The summed E-state index contributed by atoms with van der Waals surface area (Å²) < 4.78 is 15.5. The van der Waals surface area contributed by atoms with Crippen molar-refractivity contribution in [1.82, 2.24) is 14.8 Å². The van der Waals surface area contributed by atoms with Crippen LogP contribution < -0.4 is 5.73 Å². The SMILES string of the molecule is Cn1c(-c2cc(N)n[nH]2)cc2c(F)cccc21. The fourth-order valence-corrected chi connectivity index (χ4v) is 2.05. The predicted octanol–water partition coefficient (Wildman–Crippen LogP) is 2.29. The number of fused-ring (bicyclic) bond motifs is 1. The molecule has 1 aromatic carbocycles. The highest BCUT2D eigenvalue weighted by Crippen LogP contribution is 2.28. The number of hydrogen-bond donors (Lipinski definition) is 2. The highest BCUT2D eigenvalue weighted by atomic mass is 19.1. The summed E-state index contributed by atoms with van der Waals surface area (Å²) in [6.45, 7) is 0. The van der Waals surface area contributed by atoms with Gasteiger partial charge in [-0.2, -0.15) is 5.10 Å². The van der Waals surface area contributed by atoms with E-state index in [0.29, 0.717) is 11.2 Å². The maximum atomic E-state index is 13.6. The Morgan fingerprint density at radius 2 is 2.18 bits per heavy atom. The Morgan fingerprint density at radius 1 is 1.35 bits per heavy atom. The third-order valence-corrected chi connectivity index (χ3v) is 2.91. The number of H-pyrrole nitrogens is 1. The minimum Gasteiger partial charge on any atom is -0.382 e. The van der Waals surface area contributed by atoms with Gasteiger partial charge in [-0.3, -0.25) is 5.10 Å². The number of nitrogens with two attached hydrogens (primary N) is 1. The van der Waals surface area contributed by atoms with Gasteiger partial charge in [0.1, 0.15) is 11.6 Å². The molecular formula is C12H11FN4. The standard InChI is InChI=1S/C12H11FN4/c1-17-10-4-2-3-8(13)7(10)5-11(17)9-6-12(14)16-15-9/h2-6H,1H3,(H3,14,15,16). The number of nitrogen functional groups attached to an aromatic ring is 1. The monoisotopic (exact) mass is 230 g/mol. The van der Waals surface area contributed by atoms with Crippen LogP contribution in [0.25, 0.3) is 22.3 Å². The topological polar surface area (TPSA) is 59.6 Å². The molecule has 0 saturated heterocycles. The molecule has 2 heterocycles. The number of aromatic amines is 1. The minimum atomic E-state index is -0.225. The Labute approximate surface area is 96.9 Å². The lowest BCUT2D eigenvalue weighted by Gasteiger charge is -2.00. The van der Waals surface area contributed by atoms with E-state index in [2.05, 4.69) is 10.2 Å². The van der Waals surface area contributed by atoms with Crippen molar-refractivity contribution in [2.75, 3.05) is 5.73 Å². The van der Waals surface area contributed by atoms with Crippen molar-refractivity contribution in [2.45, 2.75) is 0 Å². The van der Waals surface area contributed by atoms with Crippen LogP contribution in [-0.2, 0) is 7.05 Å². The molecule has 0 atom stereocenters. The first-order valence-electron chi connectivity index (χ1n) is 5.22. The van der Waals surface area contributed by atoms with Gasteiger partial charge in [0.2, 0.25) is 0 Å². The van der Waals surface area contributed by atoms with Gasteiger partial charge in [0.05, 0.1) is 16.9 Å². The van der Waals surface area contributed by atoms with E-state index in [1.807, 2.05) is 17.7 Å². The van der Waals surface area contributed by atoms with E-state index < -0.39 is 0 Å². The van der Waals surface area contributed by atoms with E-state index >= 15 is 0 Å². The second kappa shape index (κ2) is 3.35. The summed E-state index contributed by atoms with van der Waals surface area (Å²) in [5.41, 5.74) is 8.04. The molecule has 2 aromatic heterocycles. The van der Waals surface area contributed by atoms with Crippen LogP contribution in [-0.4, -0.2) is 14.8 Å². The van der Waals surface area contributed by atoms with Crippen LogP contribution >= 0.6 is 0 Å². The molecule has 3 aromatic rings. The quantitative estimate of drug-likeness (QED) is 0.673. The summed E-state index contributed by atoms with van der Waals surface area (Å²) in [5.74, 6) is 0.197. The zero-order chi connectivity index (χ0) is 12.0. The zero-order valence-electron chi connectivity index (χ0n) is 9.24. The maximum absolute atomic E-state index is 13.6. The van der Waals surface area contributed by atoms with Gasteiger partial charge in [-0.25, -0.2) is 4.39 Å². The normalized spacial score (nSPS) is 11.2. The molecule has 0 spiro atoms. The first-order valence-corrected chi connectivity index (χ1v) is 5.22. The molecule has 4 nitrogen and oxygen atoms in total. The van der Waals surface area contributed by atoms with Gasteiger partial charge in [-0.1, -0.05) is 6.07 Å². The molecule has 0 unspecified atom stereocenters. The van der Waals surface area contributed by atoms with Crippen molar-refractivity contribution in [3.05, 3.63) is 36.1 Å². The molecule has 0 bridgehead atoms. The fourth-order valence-electron chi connectivity index (χ4n) is 2.05. The van der Waals surface area contributed by atoms with Gasteiger partial charge in [0.15, 0.2) is 0 Å². The van der Waals surface area contributed by atoms with E-state index in [4.69, 9.17) is 5.73 Å².